The van der Waals surface area contributed by atoms with Gasteiger partial charge in [0.05, 0.1) is 0 Å². The van der Waals surface area contributed by atoms with Crippen molar-refractivity contribution < 1.29 is 0 Å². The zero-order valence-electron chi connectivity index (χ0n) is 35.4. The van der Waals surface area contributed by atoms with Gasteiger partial charge in [-0.1, -0.05) is 54.6 Å². The molecule has 0 N–H and O–H groups in total. The Labute approximate surface area is 394 Å². The summed E-state index contributed by atoms with van der Waals surface area (Å²) in [7, 11) is 0. The molecule has 0 nitrogen and oxygen atoms in total. The van der Waals surface area contributed by atoms with Crippen molar-refractivity contribution in [3.05, 3.63) is 247 Å². The van der Waals surface area contributed by atoms with Crippen molar-refractivity contribution in [2.24, 2.45) is 0 Å². The van der Waals surface area contributed by atoms with Crippen LogP contribution in [0, 0.1) is 0 Å². The summed E-state index contributed by atoms with van der Waals surface area (Å²) in [5, 5.41) is 5.09. The second kappa shape index (κ2) is 14.3. The van der Waals surface area contributed by atoms with Gasteiger partial charge in [-0.15, -0.1) is 0 Å². The molecule has 0 fully saturated rings. The minimum atomic E-state index is -0.431. The van der Waals surface area contributed by atoms with E-state index in [4.69, 9.17) is 0 Å². The van der Waals surface area contributed by atoms with Gasteiger partial charge < -0.3 is 0 Å². The van der Waals surface area contributed by atoms with Crippen molar-refractivity contribution >= 4 is 66.7 Å². The molecule has 2 heteroatoms. The van der Waals surface area contributed by atoms with Crippen LogP contribution in [0.3, 0.4) is 0 Å². The molecule has 0 saturated heterocycles. The van der Waals surface area contributed by atoms with Crippen LogP contribution in [0.5, 0.6) is 0 Å². The third-order valence-electron chi connectivity index (χ3n) is 14.6. The molecule has 11 aromatic carbocycles. The normalized spacial score (nSPS) is 13.4. The average molecular weight is 939 g/mol. The first-order valence-corrected chi connectivity index (χ1v) is 25.7. The van der Waals surface area contributed by atoms with Crippen LogP contribution in [0.2, 0.25) is 0 Å². The van der Waals surface area contributed by atoms with Crippen molar-refractivity contribution in [3.63, 3.8) is 0 Å². The predicted octanol–water partition coefficient (Wildman–Crippen LogP) is 13.4. The number of rotatable bonds is 4. The Morgan fingerprint density at radius 1 is 0.262 bits per heavy atom. The Kier molecular flexibility index (Phi) is 8.21. The SMILES string of the molecule is [Ge][c]1ccccc1-c1ccccc1-c1cccc2c(-c3cccc4c3-c3ccccc3C43c4ccccc4-c4ccccc43)c3cccc(-c4ccc[c]5c4-c4cccc[c]4[Ge]5)c3cc12. The summed E-state index contributed by atoms with van der Waals surface area (Å²) in [5.41, 5.74) is 23.4. The van der Waals surface area contributed by atoms with Gasteiger partial charge in [-0.3, -0.25) is 0 Å². The molecule has 1 heterocycles. The van der Waals surface area contributed by atoms with Crippen molar-refractivity contribution in [2.45, 2.75) is 5.41 Å². The topological polar surface area (TPSA) is 0 Å². The van der Waals surface area contributed by atoms with E-state index in [2.05, 4.69) is 241 Å². The van der Waals surface area contributed by atoms with E-state index >= 15 is 0 Å². The van der Waals surface area contributed by atoms with Crippen molar-refractivity contribution in [3.8, 4) is 77.9 Å². The molecule has 2 aliphatic carbocycles. The summed E-state index contributed by atoms with van der Waals surface area (Å²) in [5.74, 6) is 0. The van der Waals surface area contributed by atoms with Crippen LogP contribution in [0.1, 0.15) is 22.3 Å². The van der Waals surface area contributed by atoms with Gasteiger partial charge in [0.15, 0.2) is 0 Å². The second-order valence-corrected chi connectivity index (χ2v) is 21.6. The molecule has 5 radical (unpaired) electrons. The van der Waals surface area contributed by atoms with E-state index in [1.165, 1.54) is 135 Å². The van der Waals surface area contributed by atoms with Crippen molar-refractivity contribution in [1.82, 2.24) is 0 Å². The molecule has 0 unspecified atom stereocenters. The molecule has 1 spiro atoms. The molecular formula is C63H37Ge2. The summed E-state index contributed by atoms with van der Waals surface area (Å²) in [6.45, 7) is 0. The zero-order chi connectivity index (χ0) is 42.8. The summed E-state index contributed by atoms with van der Waals surface area (Å²) in [4.78, 5) is 0. The van der Waals surface area contributed by atoms with Gasteiger partial charge in [-0.05, 0) is 11.1 Å². The van der Waals surface area contributed by atoms with E-state index in [1.807, 2.05) is 0 Å². The fourth-order valence-corrected chi connectivity index (χ4v) is 15.6. The number of hydrogen-bond donors (Lipinski definition) is 0. The fourth-order valence-electron chi connectivity index (χ4n) is 12.1. The Morgan fingerprint density at radius 2 is 0.692 bits per heavy atom. The van der Waals surface area contributed by atoms with E-state index in [0.717, 1.165) is 0 Å². The fraction of sp³-hybridized carbons (Fsp3) is 0.0159. The van der Waals surface area contributed by atoms with E-state index in [1.54, 1.807) is 0 Å². The Morgan fingerprint density at radius 3 is 1.37 bits per heavy atom. The molecular weight excluding hydrogens is 902 g/mol. The summed E-state index contributed by atoms with van der Waals surface area (Å²) in [6.07, 6.45) is 0. The first kappa shape index (κ1) is 37.4. The van der Waals surface area contributed by atoms with Gasteiger partial charge in [-0.25, -0.2) is 0 Å². The third kappa shape index (κ3) is 5.15. The van der Waals surface area contributed by atoms with E-state index < -0.39 is 20.8 Å². The van der Waals surface area contributed by atoms with Crippen LogP contribution in [0.4, 0.5) is 0 Å². The van der Waals surface area contributed by atoms with E-state index in [0.29, 0.717) is 0 Å². The van der Waals surface area contributed by atoms with Gasteiger partial charge in [0, 0.05) is 0 Å². The number of hydrogen-bond acceptors (Lipinski definition) is 0. The quantitative estimate of drug-likeness (QED) is 0.122. The molecule has 0 bridgehead atoms. The van der Waals surface area contributed by atoms with Crippen LogP contribution in [0.25, 0.3) is 99.4 Å². The Balaban J connectivity index is 1.13. The molecule has 11 aromatic rings. The van der Waals surface area contributed by atoms with Crippen LogP contribution in [-0.4, -0.2) is 31.9 Å². The van der Waals surface area contributed by atoms with Gasteiger partial charge in [-0.2, -0.15) is 0 Å². The van der Waals surface area contributed by atoms with Gasteiger partial charge >= 0.3 is 331 Å². The standard InChI is InChI=1S/C63H37Ge2/c64-57-34-11-6-21-44(57)39-18-2-1-17-38(39)40-24-13-26-46-51(40)37-52-41(45-28-16-36-59-62(45)49-23-7-12-35-58(49)65-59)25-14-27-47(52)60(46)50-29-15-33-56-61(50)48-22-5-10-32-55(48)63(56)53-30-8-3-19-42(53)43-20-4-9-31-54(43)63/h1-37H. The molecule has 0 aromatic heterocycles. The average Bonchev–Trinajstić information content (AvgIpc) is 4.00. The monoisotopic (exact) mass is 941 g/mol. The molecule has 0 amide bonds. The summed E-state index contributed by atoms with van der Waals surface area (Å²) >= 11 is 1.80. The molecule has 0 saturated carbocycles. The van der Waals surface area contributed by atoms with Gasteiger partial charge in [0.25, 0.3) is 0 Å². The molecule has 14 rings (SSSR count). The summed E-state index contributed by atoms with van der Waals surface area (Å²) in [6, 6.07) is 85.4. The van der Waals surface area contributed by atoms with Gasteiger partial charge in [0.1, 0.15) is 0 Å². The van der Waals surface area contributed by atoms with Crippen LogP contribution in [0.15, 0.2) is 224 Å². The molecule has 65 heavy (non-hydrogen) atoms. The molecule has 3 aliphatic rings. The van der Waals surface area contributed by atoms with E-state index in [9.17, 15) is 0 Å². The minimum absolute atomic E-state index is 0.428. The third-order valence-corrected chi connectivity index (χ3v) is 18.4. The number of benzene rings is 11. The second-order valence-electron chi connectivity index (χ2n) is 17.7. The molecule has 0 atom stereocenters. The van der Waals surface area contributed by atoms with Crippen LogP contribution >= 0.6 is 0 Å². The predicted molar refractivity (Wildman–Crippen MR) is 275 cm³/mol. The summed E-state index contributed by atoms with van der Waals surface area (Å²) < 4.78 is 4.32. The Bertz CT molecular complexity index is 3790. The van der Waals surface area contributed by atoms with Crippen LogP contribution in [-0.2, 0) is 5.41 Å². The molecule has 297 valence electrons. The number of fused-ring (bicyclic) bond motifs is 15. The Hall–Kier alpha value is -6.97. The van der Waals surface area contributed by atoms with Crippen molar-refractivity contribution in [1.29, 1.82) is 0 Å². The van der Waals surface area contributed by atoms with Gasteiger partial charge in [0.2, 0.25) is 0 Å². The van der Waals surface area contributed by atoms with Crippen molar-refractivity contribution in [2.75, 3.05) is 0 Å². The van der Waals surface area contributed by atoms with E-state index in [-0.39, 0.29) is 0 Å². The van der Waals surface area contributed by atoms with Crippen LogP contribution < -0.4 is 13.2 Å². The maximum absolute atomic E-state index is 2.53. The zero-order valence-corrected chi connectivity index (χ0v) is 39.6. The first-order chi connectivity index (χ1) is 32.2. The molecule has 1 aliphatic heterocycles. The first-order valence-electron chi connectivity index (χ1n) is 22.5. The maximum atomic E-state index is 2.53.